The molecule has 2 aliphatic rings. The van der Waals surface area contributed by atoms with E-state index in [-0.39, 0.29) is 17.5 Å². The number of ether oxygens (including phenoxy) is 1. The lowest BCUT2D eigenvalue weighted by atomic mass is 9.73. The lowest BCUT2D eigenvalue weighted by molar-refractivity contribution is -0.203. The van der Waals surface area contributed by atoms with Gasteiger partial charge in [-0.3, -0.25) is 14.3 Å². The molecule has 0 aliphatic carbocycles. The SMILES string of the molecule is Cc1nn(C)cc1C(=O)N[C@]1(C)CCOC2(CCN(C(=O)c3cn[nH]n3)CC2)[C@H]1O. The molecule has 0 radical (unpaired) electrons. The molecule has 162 valence electrons. The van der Waals surface area contributed by atoms with Crippen molar-refractivity contribution in [3.8, 4) is 0 Å². The van der Waals surface area contributed by atoms with E-state index in [9.17, 15) is 14.7 Å². The predicted octanol–water partition coefficient (Wildman–Crippen LogP) is -0.209. The number of aryl methyl sites for hydroxylation is 2. The Morgan fingerprint density at radius 1 is 1.33 bits per heavy atom. The van der Waals surface area contributed by atoms with Crippen LogP contribution in [0.15, 0.2) is 12.4 Å². The van der Waals surface area contributed by atoms with Gasteiger partial charge in [0.15, 0.2) is 5.69 Å². The number of aromatic amines is 1. The summed E-state index contributed by atoms with van der Waals surface area (Å²) in [6, 6.07) is 0. The van der Waals surface area contributed by atoms with Crippen LogP contribution < -0.4 is 5.32 Å². The van der Waals surface area contributed by atoms with E-state index in [2.05, 4.69) is 25.8 Å². The molecule has 0 aromatic carbocycles. The maximum atomic E-state index is 12.9. The van der Waals surface area contributed by atoms with Gasteiger partial charge in [0.1, 0.15) is 6.10 Å². The third-order valence-electron chi connectivity index (χ3n) is 6.30. The molecule has 11 nitrogen and oxygen atoms in total. The van der Waals surface area contributed by atoms with Gasteiger partial charge in [0.25, 0.3) is 11.8 Å². The Morgan fingerprint density at radius 3 is 2.67 bits per heavy atom. The van der Waals surface area contributed by atoms with Gasteiger partial charge in [-0.2, -0.15) is 20.5 Å². The van der Waals surface area contributed by atoms with Gasteiger partial charge >= 0.3 is 0 Å². The molecule has 2 atom stereocenters. The lowest BCUT2D eigenvalue weighted by Crippen LogP contribution is -2.69. The van der Waals surface area contributed by atoms with Gasteiger partial charge < -0.3 is 20.1 Å². The smallest absolute Gasteiger partial charge is 0.276 e. The van der Waals surface area contributed by atoms with Crippen LogP contribution in [0, 0.1) is 6.92 Å². The van der Waals surface area contributed by atoms with Crippen LogP contribution in [0.5, 0.6) is 0 Å². The molecule has 0 saturated carbocycles. The van der Waals surface area contributed by atoms with Gasteiger partial charge in [0.05, 0.1) is 28.6 Å². The van der Waals surface area contributed by atoms with Crippen molar-refractivity contribution < 1.29 is 19.4 Å². The summed E-state index contributed by atoms with van der Waals surface area (Å²) in [5.74, 6) is -0.468. The van der Waals surface area contributed by atoms with E-state index in [0.29, 0.717) is 50.2 Å². The van der Waals surface area contributed by atoms with E-state index in [0.717, 1.165) is 0 Å². The summed E-state index contributed by atoms with van der Waals surface area (Å²) in [5.41, 5.74) is -0.283. The fraction of sp³-hybridized carbons (Fsp3) is 0.632. The Morgan fingerprint density at radius 2 is 2.07 bits per heavy atom. The topological polar surface area (TPSA) is 138 Å². The summed E-state index contributed by atoms with van der Waals surface area (Å²) in [6.45, 7) is 4.89. The minimum absolute atomic E-state index is 0.202. The second-order valence-corrected chi connectivity index (χ2v) is 8.39. The Balaban J connectivity index is 1.46. The molecule has 2 aliphatic heterocycles. The van der Waals surface area contributed by atoms with Crippen molar-refractivity contribution in [2.45, 2.75) is 50.4 Å². The maximum Gasteiger partial charge on any atom is 0.276 e. The number of rotatable bonds is 3. The fourth-order valence-electron chi connectivity index (χ4n) is 4.52. The second kappa shape index (κ2) is 7.47. The number of aromatic nitrogens is 5. The summed E-state index contributed by atoms with van der Waals surface area (Å²) >= 11 is 0. The van der Waals surface area contributed by atoms with Crippen molar-refractivity contribution in [1.82, 2.24) is 35.4 Å². The number of likely N-dealkylation sites (tertiary alicyclic amines) is 1. The van der Waals surface area contributed by atoms with Gasteiger partial charge in [-0.25, -0.2) is 0 Å². The number of nitrogens with zero attached hydrogens (tertiary/aromatic N) is 5. The van der Waals surface area contributed by atoms with Crippen molar-refractivity contribution in [1.29, 1.82) is 0 Å². The van der Waals surface area contributed by atoms with Crippen molar-refractivity contribution in [2.75, 3.05) is 19.7 Å². The zero-order chi connectivity index (χ0) is 21.5. The molecule has 2 aromatic heterocycles. The molecule has 0 bridgehead atoms. The van der Waals surface area contributed by atoms with E-state index < -0.39 is 17.2 Å². The van der Waals surface area contributed by atoms with Crippen molar-refractivity contribution in [3.63, 3.8) is 0 Å². The first-order valence-electron chi connectivity index (χ1n) is 10.0. The van der Waals surface area contributed by atoms with Gasteiger partial charge in [0.2, 0.25) is 0 Å². The minimum atomic E-state index is -0.913. The highest BCUT2D eigenvalue weighted by Crippen LogP contribution is 2.40. The molecule has 2 aromatic rings. The summed E-state index contributed by atoms with van der Waals surface area (Å²) < 4.78 is 7.65. The van der Waals surface area contributed by atoms with E-state index in [1.54, 1.807) is 29.7 Å². The fourth-order valence-corrected chi connectivity index (χ4v) is 4.52. The number of carbonyl (C=O) groups excluding carboxylic acids is 2. The van der Waals surface area contributed by atoms with Crippen LogP contribution >= 0.6 is 0 Å². The van der Waals surface area contributed by atoms with Gasteiger partial charge in [0, 0.05) is 32.9 Å². The second-order valence-electron chi connectivity index (χ2n) is 8.39. The number of carbonyl (C=O) groups is 2. The highest BCUT2D eigenvalue weighted by atomic mass is 16.5. The monoisotopic (exact) mass is 417 g/mol. The number of piperidine rings is 1. The van der Waals surface area contributed by atoms with Crippen LogP contribution in [0.4, 0.5) is 0 Å². The van der Waals surface area contributed by atoms with Crippen LogP contribution in [0.3, 0.4) is 0 Å². The summed E-state index contributed by atoms with van der Waals surface area (Å²) in [7, 11) is 1.76. The van der Waals surface area contributed by atoms with E-state index >= 15 is 0 Å². The van der Waals surface area contributed by atoms with Gasteiger partial charge in [-0.1, -0.05) is 0 Å². The van der Waals surface area contributed by atoms with E-state index in [1.165, 1.54) is 6.20 Å². The van der Waals surface area contributed by atoms with Crippen LogP contribution in [0.2, 0.25) is 0 Å². The Bertz CT molecular complexity index is 933. The molecule has 1 spiro atoms. The molecule has 4 rings (SSSR count). The highest BCUT2D eigenvalue weighted by Gasteiger charge is 2.54. The predicted molar refractivity (Wildman–Crippen MR) is 105 cm³/mol. The molecule has 0 unspecified atom stereocenters. The lowest BCUT2D eigenvalue weighted by Gasteiger charge is -2.53. The van der Waals surface area contributed by atoms with Crippen LogP contribution in [-0.4, -0.2) is 84.0 Å². The number of aliphatic hydroxyl groups excluding tert-OH is 1. The number of aliphatic hydroxyl groups is 1. The molecular weight excluding hydrogens is 390 g/mol. The molecule has 3 N–H and O–H groups in total. The summed E-state index contributed by atoms with van der Waals surface area (Å²) in [6.07, 6.45) is 3.58. The van der Waals surface area contributed by atoms with Gasteiger partial charge in [-0.15, -0.1) is 0 Å². The third-order valence-corrected chi connectivity index (χ3v) is 6.30. The average molecular weight is 417 g/mol. The van der Waals surface area contributed by atoms with E-state index in [1.807, 2.05) is 6.92 Å². The average Bonchev–Trinajstić information content (AvgIpc) is 3.36. The van der Waals surface area contributed by atoms with Crippen LogP contribution in [-0.2, 0) is 11.8 Å². The van der Waals surface area contributed by atoms with Crippen molar-refractivity contribution in [2.24, 2.45) is 7.05 Å². The Hall–Kier alpha value is -2.79. The summed E-state index contributed by atoms with van der Waals surface area (Å²) in [4.78, 5) is 27.1. The number of hydrogen-bond acceptors (Lipinski definition) is 7. The van der Waals surface area contributed by atoms with Crippen molar-refractivity contribution in [3.05, 3.63) is 29.3 Å². The molecular formula is C19H27N7O4. The van der Waals surface area contributed by atoms with Crippen molar-refractivity contribution >= 4 is 11.8 Å². The number of amides is 2. The number of nitrogens with one attached hydrogen (secondary N) is 2. The molecule has 11 heteroatoms. The molecule has 2 saturated heterocycles. The molecule has 30 heavy (non-hydrogen) atoms. The largest absolute Gasteiger partial charge is 0.388 e. The quantitative estimate of drug-likeness (QED) is 0.628. The maximum absolute atomic E-state index is 12.9. The van der Waals surface area contributed by atoms with Crippen LogP contribution in [0.1, 0.15) is 52.7 Å². The Kier molecular flexibility index (Phi) is 5.10. The third kappa shape index (κ3) is 3.47. The number of hydrogen-bond donors (Lipinski definition) is 3. The molecule has 2 fully saturated rings. The highest BCUT2D eigenvalue weighted by molar-refractivity contribution is 5.95. The standard InChI is InChI=1S/C19H27N7O4/c1-12-13(11-25(3)23-12)15(27)21-18(2)6-9-30-19(17(18)29)4-7-26(8-5-19)16(28)14-10-20-24-22-14/h10-11,17,29H,4-9H2,1-3H3,(H,21,27)(H,20,22,24)/t17-,18+/m0/s1. The zero-order valence-electron chi connectivity index (χ0n) is 17.4. The minimum Gasteiger partial charge on any atom is -0.388 e. The first-order chi connectivity index (χ1) is 14.2. The zero-order valence-corrected chi connectivity index (χ0v) is 17.4. The first kappa shape index (κ1) is 20.5. The Labute approximate surface area is 173 Å². The van der Waals surface area contributed by atoms with Gasteiger partial charge in [-0.05, 0) is 33.1 Å². The number of H-pyrrole nitrogens is 1. The molecule has 2 amide bonds. The summed E-state index contributed by atoms with van der Waals surface area (Å²) in [5, 5.41) is 28.5. The normalized spacial score (nSPS) is 26.0. The molecule has 4 heterocycles. The van der Waals surface area contributed by atoms with Crippen LogP contribution in [0.25, 0.3) is 0 Å². The first-order valence-corrected chi connectivity index (χ1v) is 10.0. The van der Waals surface area contributed by atoms with E-state index in [4.69, 9.17) is 4.74 Å².